The Labute approximate surface area is 157 Å². The van der Waals surface area contributed by atoms with Crippen LogP contribution in [0.2, 0.25) is 5.02 Å². The summed E-state index contributed by atoms with van der Waals surface area (Å²) in [5.74, 6) is -0.850. The maximum atomic E-state index is 12.9. The van der Waals surface area contributed by atoms with E-state index in [1.807, 2.05) is 0 Å². The van der Waals surface area contributed by atoms with Crippen LogP contribution in [-0.2, 0) is 11.3 Å². The summed E-state index contributed by atoms with van der Waals surface area (Å²) in [4.78, 5) is 40.5. The Morgan fingerprint density at radius 2 is 2.19 bits per heavy atom. The van der Waals surface area contributed by atoms with Gasteiger partial charge in [-0.05, 0) is 18.9 Å². The molecule has 10 heteroatoms. The second-order valence-electron chi connectivity index (χ2n) is 5.70. The van der Waals surface area contributed by atoms with E-state index >= 15 is 0 Å². The number of non-ortho nitro benzene ring substituents is 1. The zero-order valence-corrected chi connectivity index (χ0v) is 15.2. The molecule has 0 bridgehead atoms. The number of nitrogens with zero attached hydrogens (tertiary/aromatic N) is 3. The Morgan fingerprint density at radius 3 is 2.77 bits per heavy atom. The Kier molecular flexibility index (Phi) is 5.19. The van der Waals surface area contributed by atoms with Crippen molar-refractivity contribution in [2.45, 2.75) is 25.4 Å². The van der Waals surface area contributed by atoms with Crippen LogP contribution in [0, 0.1) is 10.1 Å². The minimum absolute atomic E-state index is 0.0317. The lowest BCUT2D eigenvalue weighted by molar-refractivity contribution is -0.384. The molecule has 1 aromatic heterocycles. The maximum Gasteiger partial charge on any atom is 0.357 e. The predicted molar refractivity (Wildman–Crippen MR) is 94.5 cm³/mol. The third-order valence-corrected chi connectivity index (χ3v) is 5.04. The molecule has 1 aromatic carbocycles. The van der Waals surface area contributed by atoms with E-state index in [0.717, 1.165) is 12.8 Å². The number of methoxy groups -OCH3 is 1. The van der Waals surface area contributed by atoms with Gasteiger partial charge in [-0.2, -0.15) is 0 Å². The van der Waals surface area contributed by atoms with E-state index in [2.05, 4.69) is 9.72 Å². The molecule has 2 aromatic rings. The van der Waals surface area contributed by atoms with Gasteiger partial charge in [-0.1, -0.05) is 11.6 Å². The molecule has 1 fully saturated rings. The van der Waals surface area contributed by atoms with E-state index in [9.17, 15) is 19.7 Å². The zero-order valence-electron chi connectivity index (χ0n) is 13.7. The predicted octanol–water partition coefficient (Wildman–Crippen LogP) is 3.30. The minimum Gasteiger partial charge on any atom is -0.464 e. The van der Waals surface area contributed by atoms with Gasteiger partial charge < -0.3 is 9.64 Å². The van der Waals surface area contributed by atoms with Crippen molar-refractivity contribution in [3.05, 3.63) is 55.0 Å². The van der Waals surface area contributed by atoms with Gasteiger partial charge in [-0.25, -0.2) is 9.78 Å². The van der Waals surface area contributed by atoms with Crippen LogP contribution in [0.5, 0.6) is 0 Å². The lowest BCUT2D eigenvalue weighted by atomic mass is 10.1. The fourth-order valence-corrected chi connectivity index (χ4v) is 3.44. The highest BCUT2D eigenvalue weighted by Crippen LogP contribution is 2.32. The quantitative estimate of drug-likeness (QED) is 0.422. The number of amides is 1. The van der Waals surface area contributed by atoms with Gasteiger partial charge in [0.15, 0.2) is 5.69 Å². The van der Waals surface area contributed by atoms with E-state index in [4.69, 9.17) is 11.6 Å². The van der Waals surface area contributed by atoms with E-state index in [0.29, 0.717) is 5.01 Å². The number of ether oxygens (including phenoxy) is 1. The van der Waals surface area contributed by atoms with Gasteiger partial charge in [0.25, 0.3) is 11.6 Å². The maximum absolute atomic E-state index is 12.9. The number of benzene rings is 1. The van der Waals surface area contributed by atoms with Gasteiger partial charge in [0.05, 0.1) is 29.2 Å². The first-order valence-corrected chi connectivity index (χ1v) is 8.94. The van der Waals surface area contributed by atoms with Crippen molar-refractivity contribution < 1.29 is 19.2 Å². The third-order valence-electron chi connectivity index (χ3n) is 3.89. The fraction of sp³-hybridized carbons (Fsp3) is 0.312. The van der Waals surface area contributed by atoms with Gasteiger partial charge in [-0.15, -0.1) is 11.3 Å². The number of esters is 1. The van der Waals surface area contributed by atoms with Crippen molar-refractivity contribution in [2.75, 3.05) is 7.11 Å². The molecular formula is C16H14ClN3O5S. The highest BCUT2D eigenvalue weighted by atomic mass is 35.5. The highest BCUT2D eigenvalue weighted by Gasteiger charge is 2.34. The smallest absolute Gasteiger partial charge is 0.357 e. The van der Waals surface area contributed by atoms with Gasteiger partial charge in [-0.3, -0.25) is 14.9 Å². The SMILES string of the molecule is COC(=O)c1csc(CN(C(=O)c2ccc([N+](=O)[O-])cc2Cl)C2CC2)n1. The Bertz CT molecular complexity index is 881. The van der Waals surface area contributed by atoms with Crippen LogP contribution in [0.15, 0.2) is 23.6 Å². The van der Waals surface area contributed by atoms with E-state index in [-0.39, 0.29) is 40.5 Å². The number of halogens is 1. The molecule has 1 aliphatic rings. The first kappa shape index (κ1) is 18.3. The number of carbonyl (C=O) groups excluding carboxylic acids is 2. The van der Waals surface area contributed by atoms with Crippen molar-refractivity contribution in [3.8, 4) is 0 Å². The molecule has 1 amide bonds. The number of aromatic nitrogens is 1. The number of nitro benzene ring substituents is 1. The summed E-state index contributed by atoms with van der Waals surface area (Å²) in [6.45, 7) is 0.235. The lowest BCUT2D eigenvalue weighted by Gasteiger charge is -2.21. The lowest BCUT2D eigenvalue weighted by Crippen LogP contribution is -2.32. The molecule has 8 nitrogen and oxygen atoms in total. The van der Waals surface area contributed by atoms with Crippen LogP contribution >= 0.6 is 22.9 Å². The number of rotatable bonds is 6. The van der Waals surface area contributed by atoms with Crippen LogP contribution < -0.4 is 0 Å². The molecular weight excluding hydrogens is 382 g/mol. The summed E-state index contributed by atoms with van der Waals surface area (Å²) in [7, 11) is 1.28. The first-order valence-electron chi connectivity index (χ1n) is 7.68. The van der Waals surface area contributed by atoms with Crippen molar-refractivity contribution >= 4 is 40.5 Å². The summed E-state index contributed by atoms with van der Waals surface area (Å²) >= 11 is 7.34. The Morgan fingerprint density at radius 1 is 1.46 bits per heavy atom. The highest BCUT2D eigenvalue weighted by molar-refractivity contribution is 7.09. The molecule has 0 unspecified atom stereocenters. The molecule has 136 valence electrons. The normalized spacial score (nSPS) is 13.3. The number of thiazole rings is 1. The topological polar surface area (TPSA) is 103 Å². The Hall–Kier alpha value is -2.52. The average molecular weight is 396 g/mol. The minimum atomic E-state index is -0.567. The van der Waals surface area contributed by atoms with Gasteiger partial charge in [0, 0.05) is 23.6 Å². The second kappa shape index (κ2) is 7.38. The molecule has 0 aliphatic heterocycles. The molecule has 0 atom stereocenters. The van der Waals surface area contributed by atoms with Gasteiger partial charge in [0.2, 0.25) is 0 Å². The molecule has 3 rings (SSSR count). The molecule has 1 aliphatic carbocycles. The number of nitro groups is 1. The fourth-order valence-electron chi connectivity index (χ4n) is 2.43. The van der Waals surface area contributed by atoms with Crippen molar-refractivity contribution in [1.82, 2.24) is 9.88 Å². The summed E-state index contributed by atoms with van der Waals surface area (Å²) in [6.07, 6.45) is 1.73. The van der Waals surface area contributed by atoms with Crippen molar-refractivity contribution in [2.24, 2.45) is 0 Å². The van der Waals surface area contributed by atoms with Crippen LogP contribution in [0.3, 0.4) is 0 Å². The largest absolute Gasteiger partial charge is 0.464 e. The molecule has 1 saturated carbocycles. The van der Waals surface area contributed by atoms with Crippen molar-refractivity contribution in [1.29, 1.82) is 0 Å². The summed E-state index contributed by atoms with van der Waals surface area (Å²) in [5, 5.41) is 13.0. The van der Waals surface area contributed by atoms with Crippen LogP contribution in [0.4, 0.5) is 5.69 Å². The number of hydrogen-bond acceptors (Lipinski definition) is 7. The molecule has 26 heavy (non-hydrogen) atoms. The second-order valence-corrected chi connectivity index (χ2v) is 7.05. The molecule has 0 spiro atoms. The zero-order chi connectivity index (χ0) is 18.8. The van der Waals surface area contributed by atoms with Crippen LogP contribution in [-0.4, -0.2) is 39.8 Å². The summed E-state index contributed by atoms with van der Waals surface area (Å²) in [6, 6.07) is 3.85. The molecule has 1 heterocycles. The molecule has 0 N–H and O–H groups in total. The molecule has 0 saturated heterocycles. The van der Waals surface area contributed by atoms with E-state index in [1.165, 1.54) is 36.6 Å². The Balaban J connectivity index is 1.82. The van der Waals surface area contributed by atoms with Gasteiger partial charge in [0.1, 0.15) is 5.01 Å². The monoisotopic (exact) mass is 395 g/mol. The van der Waals surface area contributed by atoms with Crippen LogP contribution in [0.1, 0.15) is 38.7 Å². The van der Waals surface area contributed by atoms with E-state index < -0.39 is 10.9 Å². The third kappa shape index (κ3) is 3.83. The number of hydrogen-bond donors (Lipinski definition) is 0. The molecule has 0 radical (unpaired) electrons. The number of carbonyl (C=O) groups is 2. The summed E-state index contributed by atoms with van der Waals surface area (Å²) < 4.78 is 4.63. The average Bonchev–Trinajstić information content (AvgIpc) is 3.36. The summed E-state index contributed by atoms with van der Waals surface area (Å²) in [5.41, 5.74) is 0.227. The standard InChI is InChI=1S/C16H14ClN3O5S/c1-25-16(22)13-8-26-14(18-13)7-19(9-2-3-9)15(21)11-5-4-10(20(23)24)6-12(11)17/h4-6,8-9H,2-3,7H2,1H3. The van der Waals surface area contributed by atoms with Gasteiger partial charge >= 0.3 is 5.97 Å². The first-order chi connectivity index (χ1) is 12.4. The van der Waals surface area contributed by atoms with Crippen molar-refractivity contribution in [3.63, 3.8) is 0 Å². The van der Waals surface area contributed by atoms with Crippen LogP contribution in [0.25, 0.3) is 0 Å². The van der Waals surface area contributed by atoms with E-state index in [1.54, 1.807) is 10.3 Å².